The van der Waals surface area contributed by atoms with Crippen LogP contribution < -0.4 is 0 Å². The van der Waals surface area contributed by atoms with Gasteiger partial charge in [-0.3, -0.25) is 0 Å². The summed E-state index contributed by atoms with van der Waals surface area (Å²) in [5.41, 5.74) is 1.44. The molecule has 0 atom stereocenters. The van der Waals surface area contributed by atoms with Crippen molar-refractivity contribution in [3.63, 3.8) is 0 Å². The zero-order valence-corrected chi connectivity index (χ0v) is 18.5. The minimum absolute atomic E-state index is 0.0209. The molecule has 0 unspecified atom stereocenters. The molecule has 29 heavy (non-hydrogen) atoms. The first-order valence-corrected chi connectivity index (χ1v) is 12.9. The molecule has 2 rings (SSSR count). The maximum atomic E-state index is 12.4. The molecule has 0 spiro atoms. The van der Waals surface area contributed by atoms with E-state index in [0.717, 1.165) is 31.2 Å². The van der Waals surface area contributed by atoms with Crippen LogP contribution in [0.5, 0.6) is 0 Å². The predicted molar refractivity (Wildman–Crippen MR) is 119 cm³/mol. The Hall–Kier alpha value is -2.06. The number of aryl methyl sites for hydroxylation is 1. The molecule has 0 aromatic heterocycles. The van der Waals surface area contributed by atoms with Gasteiger partial charge in [0.15, 0.2) is 0 Å². The van der Waals surface area contributed by atoms with E-state index >= 15 is 0 Å². The number of rotatable bonds is 10. The molecule has 0 fully saturated rings. The molecule has 6 nitrogen and oxygen atoms in total. The van der Waals surface area contributed by atoms with Crippen LogP contribution in [0.1, 0.15) is 51.0 Å². The minimum Gasteiger partial charge on any atom is -0.205 e. The van der Waals surface area contributed by atoms with E-state index in [-0.39, 0.29) is 22.1 Å². The average molecular weight is 437 g/mol. The SMILES string of the molecule is CCCCCCCCS(=O)(=O)N=C1C=CC(=NS(=O)(=O)c2ccc(C)cc2)C=C1. The summed E-state index contributed by atoms with van der Waals surface area (Å²) < 4.78 is 56.6. The lowest BCUT2D eigenvalue weighted by atomic mass is 10.1. The molecule has 0 heterocycles. The van der Waals surface area contributed by atoms with Gasteiger partial charge in [0, 0.05) is 0 Å². The summed E-state index contributed by atoms with van der Waals surface area (Å²) in [6.45, 7) is 4.01. The highest BCUT2D eigenvalue weighted by Gasteiger charge is 2.14. The molecule has 1 aromatic rings. The van der Waals surface area contributed by atoms with E-state index in [1.807, 2.05) is 6.92 Å². The van der Waals surface area contributed by atoms with Crippen molar-refractivity contribution in [3.8, 4) is 0 Å². The number of allylic oxidation sites excluding steroid dienone is 4. The van der Waals surface area contributed by atoms with E-state index in [2.05, 4.69) is 15.7 Å². The van der Waals surface area contributed by atoms with Gasteiger partial charge < -0.3 is 0 Å². The highest BCUT2D eigenvalue weighted by molar-refractivity contribution is 7.90. The lowest BCUT2D eigenvalue weighted by Crippen LogP contribution is -2.09. The van der Waals surface area contributed by atoms with Crippen molar-refractivity contribution in [2.45, 2.75) is 57.3 Å². The molecule has 0 bridgehead atoms. The Bertz CT molecular complexity index is 999. The first-order valence-electron chi connectivity index (χ1n) is 9.82. The topological polar surface area (TPSA) is 93.0 Å². The second-order valence-corrected chi connectivity index (χ2v) is 10.4. The van der Waals surface area contributed by atoms with Gasteiger partial charge in [-0.05, 0) is 49.8 Å². The van der Waals surface area contributed by atoms with E-state index in [9.17, 15) is 16.8 Å². The number of unbranched alkanes of at least 4 members (excludes halogenated alkanes) is 5. The quantitative estimate of drug-likeness (QED) is 0.402. The van der Waals surface area contributed by atoms with Gasteiger partial charge in [-0.1, -0.05) is 56.7 Å². The van der Waals surface area contributed by atoms with Gasteiger partial charge in [0.25, 0.3) is 20.0 Å². The first-order chi connectivity index (χ1) is 13.7. The number of nitrogens with zero attached hydrogens (tertiary/aromatic N) is 2. The molecule has 0 amide bonds. The summed E-state index contributed by atoms with van der Waals surface area (Å²) in [5, 5.41) is 0. The lowest BCUT2D eigenvalue weighted by Gasteiger charge is -2.05. The molecular weight excluding hydrogens is 408 g/mol. The zero-order chi connectivity index (χ0) is 21.3. The zero-order valence-electron chi connectivity index (χ0n) is 16.9. The number of hydrogen-bond acceptors (Lipinski definition) is 4. The summed E-state index contributed by atoms with van der Waals surface area (Å²) in [7, 11) is -7.37. The molecular formula is C21H28N2O4S2. The van der Waals surface area contributed by atoms with Gasteiger partial charge in [0.05, 0.1) is 22.1 Å². The standard InChI is InChI=1S/C21H28N2O4S2/c1-3-4-5-6-7-8-17-28(24,25)22-19-11-13-20(14-12-19)23-29(26,27)21-15-9-18(2)10-16-21/h9-16H,3-8,17H2,1-2H3. The van der Waals surface area contributed by atoms with E-state index in [1.54, 1.807) is 12.1 Å². The number of sulfonamides is 2. The van der Waals surface area contributed by atoms with Crippen LogP contribution in [-0.4, -0.2) is 34.0 Å². The fourth-order valence-electron chi connectivity index (χ4n) is 2.75. The Morgan fingerprint density at radius 1 is 0.724 bits per heavy atom. The molecule has 1 aliphatic rings. The molecule has 0 N–H and O–H groups in total. The van der Waals surface area contributed by atoms with Gasteiger partial charge >= 0.3 is 0 Å². The van der Waals surface area contributed by atoms with Crippen LogP contribution in [0.15, 0.2) is 62.3 Å². The fourth-order valence-corrected chi connectivity index (χ4v) is 4.83. The van der Waals surface area contributed by atoms with Crippen LogP contribution in [0, 0.1) is 6.92 Å². The third-order valence-electron chi connectivity index (χ3n) is 4.39. The highest BCUT2D eigenvalue weighted by Crippen LogP contribution is 2.15. The average Bonchev–Trinajstić information content (AvgIpc) is 2.66. The molecule has 0 saturated heterocycles. The third-order valence-corrected chi connectivity index (χ3v) is 7.01. The van der Waals surface area contributed by atoms with Crippen LogP contribution >= 0.6 is 0 Å². The van der Waals surface area contributed by atoms with E-state index in [4.69, 9.17) is 0 Å². The van der Waals surface area contributed by atoms with Crippen molar-refractivity contribution < 1.29 is 16.8 Å². The summed E-state index contributed by atoms with van der Waals surface area (Å²) >= 11 is 0. The Morgan fingerprint density at radius 3 is 1.83 bits per heavy atom. The van der Waals surface area contributed by atoms with Gasteiger partial charge in [-0.15, -0.1) is 0 Å². The van der Waals surface area contributed by atoms with Crippen molar-refractivity contribution in [2.24, 2.45) is 8.80 Å². The summed E-state index contributed by atoms with van der Waals surface area (Å²) in [6.07, 6.45) is 11.8. The maximum Gasteiger partial charge on any atom is 0.282 e. The van der Waals surface area contributed by atoms with Gasteiger partial charge in [-0.2, -0.15) is 17.2 Å². The minimum atomic E-state index is -3.82. The summed E-state index contributed by atoms with van der Waals surface area (Å²) in [4.78, 5) is 0.110. The second-order valence-electron chi connectivity index (χ2n) is 7.04. The fraction of sp³-hybridized carbons (Fsp3) is 0.429. The van der Waals surface area contributed by atoms with Crippen LogP contribution in [-0.2, 0) is 20.0 Å². The summed E-state index contributed by atoms with van der Waals surface area (Å²) in [5.74, 6) is 0.0209. The third kappa shape index (κ3) is 8.06. The number of benzene rings is 1. The van der Waals surface area contributed by atoms with Gasteiger partial charge in [0.1, 0.15) is 0 Å². The molecule has 1 aromatic carbocycles. The molecule has 158 valence electrons. The highest BCUT2D eigenvalue weighted by atomic mass is 32.2. The Labute approximate surface area is 174 Å². The van der Waals surface area contributed by atoms with Gasteiger partial charge in [0.2, 0.25) is 0 Å². The molecule has 0 aliphatic heterocycles. The molecule has 0 saturated carbocycles. The molecule has 8 heteroatoms. The van der Waals surface area contributed by atoms with Crippen molar-refractivity contribution in [3.05, 3.63) is 54.1 Å². The van der Waals surface area contributed by atoms with Crippen LogP contribution in [0.25, 0.3) is 0 Å². The Morgan fingerprint density at radius 2 is 1.24 bits per heavy atom. The van der Waals surface area contributed by atoms with Crippen molar-refractivity contribution in [1.82, 2.24) is 0 Å². The normalized spacial score (nSPS) is 14.3. The Balaban J connectivity index is 1.98. The maximum absolute atomic E-state index is 12.4. The molecule has 1 aliphatic carbocycles. The van der Waals surface area contributed by atoms with Crippen molar-refractivity contribution in [2.75, 3.05) is 5.75 Å². The number of hydrogen-bond donors (Lipinski definition) is 0. The van der Waals surface area contributed by atoms with E-state index in [1.165, 1.54) is 42.9 Å². The largest absolute Gasteiger partial charge is 0.282 e. The van der Waals surface area contributed by atoms with Crippen LogP contribution in [0.2, 0.25) is 0 Å². The van der Waals surface area contributed by atoms with E-state index in [0.29, 0.717) is 6.42 Å². The lowest BCUT2D eigenvalue weighted by molar-refractivity contribution is 0.585. The monoisotopic (exact) mass is 436 g/mol. The summed E-state index contributed by atoms with van der Waals surface area (Å²) in [6, 6.07) is 6.43. The van der Waals surface area contributed by atoms with Crippen molar-refractivity contribution in [1.29, 1.82) is 0 Å². The van der Waals surface area contributed by atoms with Gasteiger partial charge in [-0.25, -0.2) is 8.42 Å². The second kappa shape index (κ2) is 10.6. The van der Waals surface area contributed by atoms with Crippen LogP contribution in [0.4, 0.5) is 0 Å². The van der Waals surface area contributed by atoms with Crippen LogP contribution in [0.3, 0.4) is 0 Å². The first kappa shape index (κ1) is 23.2. The van der Waals surface area contributed by atoms with Crippen molar-refractivity contribution >= 4 is 31.5 Å². The smallest absolute Gasteiger partial charge is 0.205 e. The predicted octanol–water partition coefficient (Wildman–Crippen LogP) is 4.38. The van der Waals surface area contributed by atoms with E-state index < -0.39 is 20.0 Å². The molecule has 0 radical (unpaired) electrons. The Kier molecular flexibility index (Phi) is 8.52.